The van der Waals surface area contributed by atoms with E-state index in [9.17, 15) is 4.79 Å². The summed E-state index contributed by atoms with van der Waals surface area (Å²) in [6.07, 6.45) is 6.93. The number of hydrogen-bond acceptors (Lipinski definition) is 8. The lowest BCUT2D eigenvalue weighted by atomic mass is 9.81. The molecule has 170 valence electrons. The molecular weight excluding hydrogens is 418 g/mol. The van der Waals surface area contributed by atoms with Crippen LogP contribution >= 0.6 is 0 Å². The second-order valence-corrected chi connectivity index (χ2v) is 8.95. The molecule has 4 aromatic heterocycles. The zero-order chi connectivity index (χ0) is 22.5. The molecule has 2 atom stereocenters. The first-order chi connectivity index (χ1) is 16.1. The Balaban J connectivity index is 1.21. The molecule has 4 aromatic rings. The normalized spacial score (nSPS) is 20.7. The largest absolute Gasteiger partial charge is 0.369 e. The Morgan fingerprint density at radius 2 is 2.03 bits per heavy atom. The highest BCUT2D eigenvalue weighted by Crippen LogP contribution is 2.38. The van der Waals surface area contributed by atoms with Crippen LogP contribution in [0.5, 0.6) is 0 Å². The molecule has 1 aliphatic heterocycles. The van der Waals surface area contributed by atoms with Crippen molar-refractivity contribution in [3.8, 4) is 0 Å². The first-order valence-electron chi connectivity index (χ1n) is 11.6. The number of piperazine rings is 1. The summed E-state index contributed by atoms with van der Waals surface area (Å²) >= 11 is 0. The zero-order valence-corrected chi connectivity index (χ0v) is 18.8. The van der Waals surface area contributed by atoms with Crippen LogP contribution in [0.1, 0.15) is 30.9 Å². The zero-order valence-electron chi connectivity index (χ0n) is 18.8. The van der Waals surface area contributed by atoms with E-state index in [1.165, 1.54) is 12.8 Å². The Bertz CT molecular complexity index is 1390. The predicted molar refractivity (Wildman–Crippen MR) is 128 cm³/mol. The van der Waals surface area contributed by atoms with Gasteiger partial charge in [-0.3, -0.25) is 14.7 Å². The quantitative estimate of drug-likeness (QED) is 0.483. The summed E-state index contributed by atoms with van der Waals surface area (Å²) in [6, 6.07) is 6.98. The van der Waals surface area contributed by atoms with Gasteiger partial charge < -0.3 is 19.7 Å². The number of H-pyrrole nitrogens is 1. The summed E-state index contributed by atoms with van der Waals surface area (Å²) in [5.74, 6) is 0.666. The number of aromatic nitrogens is 4. The van der Waals surface area contributed by atoms with E-state index in [4.69, 9.17) is 4.52 Å². The van der Waals surface area contributed by atoms with Crippen molar-refractivity contribution in [1.82, 2.24) is 25.0 Å². The van der Waals surface area contributed by atoms with Gasteiger partial charge in [0, 0.05) is 56.6 Å². The van der Waals surface area contributed by atoms with E-state index in [-0.39, 0.29) is 5.56 Å². The maximum atomic E-state index is 12.2. The average Bonchev–Trinajstić information content (AvgIpc) is 3.22. The summed E-state index contributed by atoms with van der Waals surface area (Å²) in [4.78, 5) is 29.4. The molecule has 2 fully saturated rings. The number of rotatable bonds is 5. The van der Waals surface area contributed by atoms with Crippen LogP contribution in [0.15, 0.2) is 39.9 Å². The minimum atomic E-state index is -0.0178. The van der Waals surface area contributed by atoms with Crippen molar-refractivity contribution < 1.29 is 4.52 Å². The summed E-state index contributed by atoms with van der Waals surface area (Å²) in [7, 11) is 1.82. The van der Waals surface area contributed by atoms with Gasteiger partial charge in [-0.1, -0.05) is 12.1 Å². The van der Waals surface area contributed by atoms with Crippen LogP contribution in [0.25, 0.3) is 22.1 Å². The van der Waals surface area contributed by atoms with Crippen LogP contribution in [0.3, 0.4) is 0 Å². The van der Waals surface area contributed by atoms with Crippen molar-refractivity contribution in [2.24, 2.45) is 0 Å². The average molecular weight is 446 g/mol. The fraction of sp³-hybridized carbons (Fsp3) is 0.417. The molecule has 0 spiro atoms. The maximum absolute atomic E-state index is 12.2. The molecule has 6 rings (SSSR count). The van der Waals surface area contributed by atoms with E-state index in [1.807, 2.05) is 32.4 Å². The molecule has 2 N–H and O–H groups in total. The van der Waals surface area contributed by atoms with Crippen molar-refractivity contribution >= 4 is 33.6 Å². The van der Waals surface area contributed by atoms with Gasteiger partial charge in [0.25, 0.3) is 5.56 Å². The van der Waals surface area contributed by atoms with Crippen LogP contribution in [-0.2, 0) is 13.0 Å². The van der Waals surface area contributed by atoms with Crippen molar-refractivity contribution in [2.75, 3.05) is 30.4 Å². The second-order valence-electron chi connectivity index (χ2n) is 8.95. The van der Waals surface area contributed by atoms with Gasteiger partial charge in [-0.05, 0) is 37.0 Å². The van der Waals surface area contributed by atoms with E-state index in [1.54, 1.807) is 0 Å². The number of nitrogens with one attached hydrogen (secondary N) is 2. The molecule has 33 heavy (non-hydrogen) atoms. The molecule has 0 aromatic carbocycles. The number of aromatic amines is 1. The molecule has 0 amide bonds. The van der Waals surface area contributed by atoms with Gasteiger partial charge in [-0.15, -0.1) is 0 Å². The van der Waals surface area contributed by atoms with Crippen molar-refractivity contribution in [3.05, 3.63) is 52.1 Å². The molecule has 2 aliphatic rings. The molecule has 9 heteroatoms. The van der Waals surface area contributed by atoms with Gasteiger partial charge in [0.2, 0.25) is 0 Å². The molecular formula is C24H27N7O2. The van der Waals surface area contributed by atoms with Crippen molar-refractivity contribution in [3.63, 3.8) is 0 Å². The Morgan fingerprint density at radius 3 is 2.82 bits per heavy atom. The fourth-order valence-corrected chi connectivity index (χ4v) is 5.23. The molecule has 1 aliphatic carbocycles. The van der Waals surface area contributed by atoms with E-state index >= 15 is 0 Å². The number of pyridine rings is 3. The lowest BCUT2D eigenvalue weighted by Crippen LogP contribution is -2.64. The Kier molecular flexibility index (Phi) is 4.79. The monoisotopic (exact) mass is 445 g/mol. The van der Waals surface area contributed by atoms with E-state index < -0.39 is 0 Å². The van der Waals surface area contributed by atoms with E-state index in [2.05, 4.69) is 47.4 Å². The third-order valence-corrected chi connectivity index (χ3v) is 7.16. The standard InChI is InChI=1S/C24H27N7O2/c1-3-15-9-17-18(28-24(15)32)8-14(11-26-17)13-30-6-7-31(20-5-4-19(20)30)16-10-21-22(27-12-16)23(25-2)29-33-21/h8-12,19-20H,3-7,13H2,1-2H3,(H,25,29)(H,28,32). The number of aryl methyl sites for hydroxylation is 1. The molecule has 1 saturated heterocycles. The van der Waals surface area contributed by atoms with Crippen LogP contribution in [-0.4, -0.2) is 57.2 Å². The maximum Gasteiger partial charge on any atom is 0.251 e. The Labute approximate surface area is 190 Å². The van der Waals surface area contributed by atoms with Crippen molar-refractivity contribution in [2.45, 2.75) is 44.8 Å². The second kappa shape index (κ2) is 7.84. The highest BCUT2D eigenvalue weighted by Gasteiger charge is 2.43. The lowest BCUT2D eigenvalue weighted by Gasteiger charge is -2.54. The molecule has 0 radical (unpaired) electrons. The molecule has 5 heterocycles. The number of nitrogens with zero attached hydrogens (tertiary/aromatic N) is 5. The van der Waals surface area contributed by atoms with E-state index in [0.717, 1.165) is 53.0 Å². The molecule has 0 bridgehead atoms. The first kappa shape index (κ1) is 20.2. The topological polar surface area (TPSA) is 103 Å². The van der Waals surface area contributed by atoms with Crippen LogP contribution in [0.4, 0.5) is 11.5 Å². The van der Waals surface area contributed by atoms with Crippen molar-refractivity contribution in [1.29, 1.82) is 0 Å². The van der Waals surface area contributed by atoms with Crippen LogP contribution in [0.2, 0.25) is 0 Å². The Morgan fingerprint density at radius 1 is 1.15 bits per heavy atom. The Hall–Kier alpha value is -3.46. The van der Waals surface area contributed by atoms with Gasteiger partial charge >= 0.3 is 0 Å². The van der Waals surface area contributed by atoms with Gasteiger partial charge in [-0.2, -0.15) is 0 Å². The number of hydrogen-bond donors (Lipinski definition) is 2. The van der Waals surface area contributed by atoms with Gasteiger partial charge in [-0.25, -0.2) is 4.98 Å². The lowest BCUT2D eigenvalue weighted by molar-refractivity contribution is 0.0659. The highest BCUT2D eigenvalue weighted by molar-refractivity contribution is 5.86. The molecule has 2 unspecified atom stereocenters. The highest BCUT2D eigenvalue weighted by atomic mass is 16.5. The third-order valence-electron chi connectivity index (χ3n) is 7.16. The fourth-order valence-electron chi connectivity index (χ4n) is 5.23. The minimum absolute atomic E-state index is 0.0178. The number of anilines is 2. The third kappa shape index (κ3) is 3.34. The smallest absolute Gasteiger partial charge is 0.251 e. The first-order valence-corrected chi connectivity index (χ1v) is 11.6. The minimum Gasteiger partial charge on any atom is -0.369 e. The summed E-state index contributed by atoms with van der Waals surface area (Å²) < 4.78 is 5.47. The molecule has 1 saturated carbocycles. The van der Waals surface area contributed by atoms with Gasteiger partial charge in [0.05, 0.1) is 22.9 Å². The van der Waals surface area contributed by atoms with Gasteiger partial charge in [0.1, 0.15) is 0 Å². The molecule has 9 nitrogen and oxygen atoms in total. The summed E-state index contributed by atoms with van der Waals surface area (Å²) in [5, 5.41) is 7.05. The van der Waals surface area contributed by atoms with Crippen LogP contribution < -0.4 is 15.8 Å². The predicted octanol–water partition coefficient (Wildman–Crippen LogP) is 2.92. The summed E-state index contributed by atoms with van der Waals surface area (Å²) in [5.41, 5.74) is 6.10. The van der Waals surface area contributed by atoms with Crippen LogP contribution in [0, 0.1) is 0 Å². The van der Waals surface area contributed by atoms with E-state index in [0.29, 0.717) is 29.9 Å². The van der Waals surface area contributed by atoms with Gasteiger partial charge in [0.15, 0.2) is 16.9 Å². The number of fused-ring (bicyclic) bond motifs is 3. The summed E-state index contributed by atoms with van der Waals surface area (Å²) in [6.45, 7) is 4.71. The SMILES string of the molecule is CCc1cc2ncc(CN3CCN(c4cnc5c(NC)noc5c4)C4CCC43)cc2[nH]c1=O.